The predicted octanol–water partition coefficient (Wildman–Crippen LogP) is 7.17. The van der Waals surface area contributed by atoms with Crippen LogP contribution in [-0.2, 0) is 27.6 Å². The van der Waals surface area contributed by atoms with E-state index in [0.717, 1.165) is 88.0 Å². The van der Waals surface area contributed by atoms with Crippen molar-refractivity contribution in [1.29, 1.82) is 0 Å². The van der Waals surface area contributed by atoms with E-state index in [2.05, 4.69) is 47.4 Å². The van der Waals surface area contributed by atoms with Crippen LogP contribution in [0, 0.1) is 17.8 Å². The number of anilines is 1. The summed E-state index contributed by atoms with van der Waals surface area (Å²) in [7, 11) is -1.46. The van der Waals surface area contributed by atoms with E-state index in [0.29, 0.717) is 30.0 Å². The molecule has 1 saturated carbocycles. The van der Waals surface area contributed by atoms with E-state index in [9.17, 15) is 9.00 Å². The van der Waals surface area contributed by atoms with E-state index in [1.54, 1.807) is 0 Å². The molecular weight excluding hydrogens is 630 g/mol. The molecular formula is C38H54ClN3O4S. The summed E-state index contributed by atoms with van der Waals surface area (Å²) in [6.07, 6.45) is 8.89. The number of rotatable bonds is 11. The maximum Gasteiger partial charge on any atom is 0.263 e. The van der Waals surface area contributed by atoms with Crippen LogP contribution in [-0.4, -0.2) is 72.3 Å². The average Bonchev–Trinajstić information content (AvgIpc) is 3.22. The van der Waals surface area contributed by atoms with Crippen molar-refractivity contribution in [2.45, 2.75) is 95.8 Å². The number of halogens is 1. The number of benzene rings is 2. The Balaban J connectivity index is 1.26. The SMILES string of the molecule is CCCC(C)C(C)S(=O)NC(=O)c1ccc2c(c1)N(CC1CCC1CC(C)N1CCOCC1)CC1(CCCc3cc(Cl)ccc31)CO2. The summed E-state index contributed by atoms with van der Waals surface area (Å²) >= 11 is 6.47. The number of amides is 1. The lowest BCUT2D eigenvalue weighted by molar-refractivity contribution is 0.00741. The Labute approximate surface area is 289 Å². The minimum absolute atomic E-state index is 0.116. The van der Waals surface area contributed by atoms with Crippen LogP contribution in [0.2, 0.25) is 5.02 Å². The molecule has 7 unspecified atom stereocenters. The smallest absolute Gasteiger partial charge is 0.263 e. The van der Waals surface area contributed by atoms with Gasteiger partial charge in [-0.1, -0.05) is 37.9 Å². The second-order valence-corrected chi connectivity index (χ2v) is 16.8. The van der Waals surface area contributed by atoms with Gasteiger partial charge in [-0.15, -0.1) is 0 Å². The zero-order valence-electron chi connectivity index (χ0n) is 28.8. The quantitative estimate of drug-likeness (QED) is 0.271. The van der Waals surface area contributed by atoms with Crippen LogP contribution in [0.5, 0.6) is 5.75 Å². The highest BCUT2D eigenvalue weighted by Crippen LogP contribution is 2.47. The van der Waals surface area contributed by atoms with Gasteiger partial charge < -0.3 is 14.4 Å². The second kappa shape index (κ2) is 15.2. The summed E-state index contributed by atoms with van der Waals surface area (Å²) in [5, 5.41) is 0.670. The first-order chi connectivity index (χ1) is 22.7. The molecule has 7 atom stereocenters. The number of carbonyl (C=O) groups excluding carboxylic acids is 1. The molecule has 0 radical (unpaired) electrons. The first kappa shape index (κ1) is 34.7. The van der Waals surface area contributed by atoms with E-state index in [4.69, 9.17) is 21.1 Å². The number of aryl methyl sites for hydroxylation is 1. The summed E-state index contributed by atoms with van der Waals surface area (Å²) in [5.74, 6) is 2.06. The maximum atomic E-state index is 13.5. The minimum Gasteiger partial charge on any atom is -0.490 e. The summed E-state index contributed by atoms with van der Waals surface area (Å²) in [4.78, 5) is 18.7. The number of morpholine rings is 1. The van der Waals surface area contributed by atoms with Crippen molar-refractivity contribution in [1.82, 2.24) is 9.62 Å². The van der Waals surface area contributed by atoms with Crippen LogP contribution in [0.3, 0.4) is 0 Å². The first-order valence-electron chi connectivity index (χ1n) is 18.0. The Kier molecular flexibility index (Phi) is 11.2. The Morgan fingerprint density at radius 3 is 2.64 bits per heavy atom. The lowest BCUT2D eigenvalue weighted by Gasteiger charge is -2.46. The van der Waals surface area contributed by atoms with Crippen LogP contribution in [0.25, 0.3) is 0 Å². The molecule has 0 bridgehead atoms. The Bertz CT molecular complexity index is 1430. The number of nitrogens with one attached hydrogen (secondary N) is 1. The Hall–Kier alpha value is -2.13. The Morgan fingerprint density at radius 2 is 1.89 bits per heavy atom. The van der Waals surface area contributed by atoms with E-state index in [1.165, 1.54) is 30.4 Å². The zero-order chi connectivity index (χ0) is 33.1. The third-order valence-electron chi connectivity index (χ3n) is 11.7. The van der Waals surface area contributed by atoms with E-state index < -0.39 is 11.0 Å². The molecule has 7 nitrogen and oxygen atoms in total. The molecule has 0 aromatic heterocycles. The van der Waals surface area contributed by atoms with E-state index in [1.807, 2.05) is 31.2 Å². The summed E-state index contributed by atoms with van der Waals surface area (Å²) in [6.45, 7) is 14.7. The molecule has 2 fully saturated rings. The molecule has 2 aliphatic carbocycles. The van der Waals surface area contributed by atoms with Gasteiger partial charge in [0.1, 0.15) is 16.7 Å². The number of hydrogen-bond donors (Lipinski definition) is 1. The average molecular weight is 684 g/mol. The van der Waals surface area contributed by atoms with E-state index in [-0.39, 0.29) is 22.5 Å². The van der Waals surface area contributed by atoms with Crippen LogP contribution in [0.1, 0.15) is 94.1 Å². The largest absolute Gasteiger partial charge is 0.490 e. The number of nitrogens with zero attached hydrogens (tertiary/aromatic N) is 2. The van der Waals surface area contributed by atoms with Gasteiger partial charge in [-0.2, -0.15) is 0 Å². The predicted molar refractivity (Wildman–Crippen MR) is 192 cm³/mol. The van der Waals surface area contributed by atoms with Crippen LogP contribution >= 0.6 is 11.6 Å². The van der Waals surface area contributed by atoms with Gasteiger partial charge in [0.05, 0.1) is 30.8 Å². The molecule has 4 aliphatic rings. The van der Waals surface area contributed by atoms with Gasteiger partial charge in [0.15, 0.2) is 0 Å². The molecule has 2 aromatic carbocycles. The van der Waals surface area contributed by atoms with Gasteiger partial charge in [-0.25, -0.2) is 4.21 Å². The van der Waals surface area contributed by atoms with Gasteiger partial charge in [0, 0.05) is 48.2 Å². The van der Waals surface area contributed by atoms with E-state index >= 15 is 0 Å². The normalized spacial score (nSPS) is 27.0. The highest BCUT2D eigenvalue weighted by molar-refractivity contribution is 7.84. The molecule has 2 aromatic rings. The summed E-state index contributed by atoms with van der Waals surface area (Å²) in [6, 6.07) is 12.7. The number of hydrogen-bond acceptors (Lipinski definition) is 6. The summed E-state index contributed by atoms with van der Waals surface area (Å²) < 4.78 is 28.3. The van der Waals surface area contributed by atoms with Crippen LogP contribution < -0.4 is 14.4 Å². The van der Waals surface area contributed by atoms with Gasteiger partial charge in [0.2, 0.25) is 0 Å². The van der Waals surface area contributed by atoms with Crippen LogP contribution in [0.15, 0.2) is 36.4 Å². The number of carbonyl (C=O) groups is 1. The molecule has 47 heavy (non-hydrogen) atoms. The second-order valence-electron chi connectivity index (χ2n) is 14.8. The minimum atomic E-state index is -1.46. The fourth-order valence-electron chi connectivity index (χ4n) is 8.48. The van der Waals surface area contributed by atoms with Crippen molar-refractivity contribution in [3.05, 3.63) is 58.1 Å². The van der Waals surface area contributed by atoms with Gasteiger partial charge in [0.25, 0.3) is 5.91 Å². The Morgan fingerprint density at radius 1 is 1.11 bits per heavy atom. The van der Waals surface area contributed by atoms with Crippen molar-refractivity contribution in [3.63, 3.8) is 0 Å². The molecule has 2 aliphatic heterocycles. The molecule has 1 N–H and O–H groups in total. The fraction of sp³-hybridized carbons (Fsp3) is 0.658. The van der Waals surface area contributed by atoms with Crippen molar-refractivity contribution < 1.29 is 18.5 Å². The third kappa shape index (κ3) is 7.71. The monoisotopic (exact) mass is 683 g/mol. The van der Waals surface area contributed by atoms with Gasteiger partial charge in [-0.3, -0.25) is 14.4 Å². The molecule has 1 spiro atoms. The first-order valence-corrected chi connectivity index (χ1v) is 19.6. The number of fused-ring (bicyclic) bond motifs is 3. The third-order valence-corrected chi connectivity index (χ3v) is 13.5. The van der Waals surface area contributed by atoms with Gasteiger partial charge >= 0.3 is 0 Å². The van der Waals surface area contributed by atoms with Crippen LogP contribution in [0.4, 0.5) is 5.69 Å². The van der Waals surface area contributed by atoms with Crippen molar-refractivity contribution in [2.75, 3.05) is 50.9 Å². The summed E-state index contributed by atoms with van der Waals surface area (Å²) in [5.41, 5.74) is 4.01. The van der Waals surface area contributed by atoms with Crippen molar-refractivity contribution >= 4 is 34.2 Å². The molecule has 1 saturated heterocycles. The highest BCUT2D eigenvalue weighted by Gasteiger charge is 2.43. The zero-order valence-corrected chi connectivity index (χ0v) is 30.3. The highest BCUT2D eigenvalue weighted by atomic mass is 35.5. The van der Waals surface area contributed by atoms with Crippen molar-refractivity contribution in [3.8, 4) is 5.75 Å². The fourth-order valence-corrected chi connectivity index (χ4v) is 9.72. The lowest BCUT2D eigenvalue weighted by Crippen LogP contribution is -2.49. The molecule has 6 rings (SSSR count). The topological polar surface area (TPSA) is 71.1 Å². The van der Waals surface area contributed by atoms with Gasteiger partial charge in [-0.05, 0) is 118 Å². The molecule has 258 valence electrons. The van der Waals surface area contributed by atoms with Crippen molar-refractivity contribution in [2.24, 2.45) is 17.8 Å². The maximum absolute atomic E-state index is 13.5. The molecule has 1 amide bonds. The molecule has 2 heterocycles. The number of ether oxygens (including phenoxy) is 2. The lowest BCUT2D eigenvalue weighted by atomic mass is 9.68. The standard InChI is InChI=1S/C38H54ClN3O4S/c1-5-7-26(2)28(4)47(44)40-37(43)31-11-14-36-35(22-31)42(23-32-10-9-29(32)20-27(3)41-16-18-45-19-17-41)24-38(25-46-36)15-6-8-30-21-33(39)12-13-34(30)38/h11-14,21-22,26-29,32H,5-10,15-20,23-25H2,1-4H3,(H,40,43). The molecule has 9 heteroatoms.